The topological polar surface area (TPSA) is 56.2 Å². The van der Waals surface area contributed by atoms with Gasteiger partial charge < -0.3 is 19.6 Å². The molecule has 0 radical (unpaired) electrons. The lowest BCUT2D eigenvalue weighted by Gasteiger charge is -2.53. The number of anilines is 1. The summed E-state index contributed by atoms with van der Waals surface area (Å²) in [7, 11) is 1.69. The molecule has 4 rings (SSSR count). The van der Waals surface area contributed by atoms with E-state index in [1.165, 1.54) is 5.69 Å². The van der Waals surface area contributed by atoms with E-state index in [-0.39, 0.29) is 5.54 Å². The summed E-state index contributed by atoms with van der Waals surface area (Å²) >= 11 is 0. The van der Waals surface area contributed by atoms with Gasteiger partial charge in [0.1, 0.15) is 5.75 Å². The maximum Gasteiger partial charge on any atom is 0.223 e. The first-order valence-electron chi connectivity index (χ1n) is 12.0. The summed E-state index contributed by atoms with van der Waals surface area (Å²) in [5.41, 5.74) is 0.419. The third-order valence-electron chi connectivity index (χ3n) is 8.03. The Balaban J connectivity index is 1.43. The first-order chi connectivity index (χ1) is 14.9. The second-order valence-electron chi connectivity index (χ2n) is 9.89. The fraction of sp³-hybridized carbons (Fsp3) is 0.720. The normalized spacial score (nSPS) is 29.4. The Morgan fingerprint density at radius 2 is 1.81 bits per heavy atom. The lowest BCUT2D eigenvalue weighted by atomic mass is 9.78. The number of β-amino-alcohol motifs (C(OH)–C–C–N with tert-alkyl or cyclic N) is 1. The number of carbonyl (C=O) groups is 1. The molecule has 1 amide bonds. The van der Waals surface area contributed by atoms with E-state index in [2.05, 4.69) is 40.7 Å². The first kappa shape index (κ1) is 22.4. The number of likely N-dealkylation sites (tertiary alicyclic amines) is 2. The molecule has 1 aromatic rings. The SMILES string of the molecule is CCN1C(=O)CC[C@@H]2N(CC3(O)CCN(c4ccc(OC)cc4)CC3)CCCC[C@@]21C. The van der Waals surface area contributed by atoms with Gasteiger partial charge in [0, 0.05) is 44.3 Å². The van der Waals surface area contributed by atoms with E-state index in [0.29, 0.717) is 18.4 Å². The molecule has 1 aromatic carbocycles. The van der Waals surface area contributed by atoms with E-state index in [1.807, 2.05) is 12.1 Å². The number of piperidine rings is 2. The molecule has 172 valence electrons. The summed E-state index contributed by atoms with van der Waals surface area (Å²) in [6.45, 7) is 8.62. The van der Waals surface area contributed by atoms with Crippen LogP contribution in [0.1, 0.15) is 58.8 Å². The van der Waals surface area contributed by atoms with Crippen LogP contribution in [0.5, 0.6) is 5.75 Å². The monoisotopic (exact) mass is 429 g/mol. The molecule has 0 aromatic heterocycles. The highest BCUT2D eigenvalue weighted by molar-refractivity contribution is 5.78. The molecule has 3 heterocycles. The second-order valence-corrected chi connectivity index (χ2v) is 9.89. The third-order valence-corrected chi connectivity index (χ3v) is 8.03. The highest BCUT2D eigenvalue weighted by Crippen LogP contribution is 2.40. The molecule has 3 saturated heterocycles. The predicted molar refractivity (Wildman–Crippen MR) is 124 cm³/mol. The fourth-order valence-electron chi connectivity index (χ4n) is 6.24. The first-order valence-corrected chi connectivity index (χ1v) is 12.0. The average molecular weight is 430 g/mol. The molecule has 0 saturated carbocycles. The number of carbonyl (C=O) groups excluding carboxylic acids is 1. The van der Waals surface area contributed by atoms with Crippen LogP contribution in [0.3, 0.4) is 0 Å². The zero-order chi connectivity index (χ0) is 22.1. The largest absolute Gasteiger partial charge is 0.497 e. The van der Waals surface area contributed by atoms with Crippen LogP contribution in [0.15, 0.2) is 24.3 Å². The van der Waals surface area contributed by atoms with Crippen molar-refractivity contribution in [3.8, 4) is 5.75 Å². The van der Waals surface area contributed by atoms with Gasteiger partial charge in [-0.25, -0.2) is 0 Å². The van der Waals surface area contributed by atoms with E-state index in [4.69, 9.17) is 4.74 Å². The van der Waals surface area contributed by atoms with Gasteiger partial charge >= 0.3 is 0 Å². The second kappa shape index (κ2) is 8.99. The smallest absolute Gasteiger partial charge is 0.223 e. The Bertz CT molecular complexity index is 760. The minimum absolute atomic E-state index is 0.110. The lowest BCUT2D eigenvalue weighted by molar-refractivity contribution is -0.148. The molecule has 0 aliphatic carbocycles. The van der Waals surface area contributed by atoms with Gasteiger partial charge in [-0.2, -0.15) is 0 Å². The van der Waals surface area contributed by atoms with Crippen LogP contribution in [-0.2, 0) is 4.79 Å². The van der Waals surface area contributed by atoms with E-state index in [9.17, 15) is 9.90 Å². The van der Waals surface area contributed by atoms with Crippen LogP contribution in [0.2, 0.25) is 0 Å². The molecular formula is C25H39N3O3. The molecule has 3 aliphatic heterocycles. The van der Waals surface area contributed by atoms with Gasteiger partial charge in [-0.3, -0.25) is 9.69 Å². The van der Waals surface area contributed by atoms with Crippen LogP contribution < -0.4 is 9.64 Å². The average Bonchev–Trinajstić information content (AvgIpc) is 2.92. The van der Waals surface area contributed by atoms with Crippen LogP contribution in [0.25, 0.3) is 0 Å². The number of aliphatic hydroxyl groups is 1. The minimum atomic E-state index is -0.660. The highest BCUT2D eigenvalue weighted by Gasteiger charge is 2.49. The van der Waals surface area contributed by atoms with Crippen molar-refractivity contribution in [3.63, 3.8) is 0 Å². The highest BCUT2D eigenvalue weighted by atomic mass is 16.5. The Morgan fingerprint density at radius 3 is 2.45 bits per heavy atom. The summed E-state index contributed by atoms with van der Waals surface area (Å²) in [5, 5.41) is 11.5. The summed E-state index contributed by atoms with van der Waals surface area (Å²) in [6.07, 6.45) is 6.46. The quantitative estimate of drug-likeness (QED) is 0.779. The van der Waals surface area contributed by atoms with Crippen molar-refractivity contribution in [2.24, 2.45) is 0 Å². The van der Waals surface area contributed by atoms with Crippen molar-refractivity contribution < 1.29 is 14.6 Å². The number of hydrogen-bond donors (Lipinski definition) is 1. The number of fused-ring (bicyclic) bond motifs is 1. The zero-order valence-corrected chi connectivity index (χ0v) is 19.5. The molecule has 0 unspecified atom stereocenters. The summed E-state index contributed by atoms with van der Waals surface area (Å²) in [5.74, 6) is 1.17. The van der Waals surface area contributed by atoms with Gasteiger partial charge in [0.25, 0.3) is 0 Å². The fourth-order valence-corrected chi connectivity index (χ4v) is 6.24. The molecular weight excluding hydrogens is 390 g/mol. The van der Waals surface area contributed by atoms with Crippen LogP contribution in [-0.4, -0.2) is 77.8 Å². The molecule has 6 nitrogen and oxygen atoms in total. The molecule has 3 aliphatic rings. The van der Waals surface area contributed by atoms with Crippen molar-refractivity contribution in [2.45, 2.75) is 76.0 Å². The number of rotatable bonds is 5. The summed E-state index contributed by atoms with van der Waals surface area (Å²) in [4.78, 5) is 19.6. The maximum absolute atomic E-state index is 12.6. The van der Waals surface area contributed by atoms with E-state index >= 15 is 0 Å². The summed E-state index contributed by atoms with van der Waals surface area (Å²) < 4.78 is 5.27. The molecule has 31 heavy (non-hydrogen) atoms. The van der Waals surface area contributed by atoms with E-state index < -0.39 is 5.60 Å². The van der Waals surface area contributed by atoms with E-state index in [0.717, 1.165) is 77.0 Å². The molecule has 2 atom stereocenters. The van der Waals surface area contributed by atoms with Crippen molar-refractivity contribution in [1.82, 2.24) is 9.80 Å². The van der Waals surface area contributed by atoms with E-state index in [1.54, 1.807) is 7.11 Å². The molecule has 1 N–H and O–H groups in total. The molecule has 0 spiro atoms. The predicted octanol–water partition coefficient (Wildman–Crippen LogP) is 3.28. The number of amides is 1. The number of benzene rings is 1. The number of likely N-dealkylation sites (N-methyl/N-ethyl adjacent to an activating group) is 1. The van der Waals surface area contributed by atoms with Crippen molar-refractivity contribution >= 4 is 11.6 Å². The Morgan fingerprint density at radius 1 is 1.10 bits per heavy atom. The van der Waals surface area contributed by atoms with Crippen molar-refractivity contribution in [3.05, 3.63) is 24.3 Å². The van der Waals surface area contributed by atoms with Crippen LogP contribution in [0, 0.1) is 0 Å². The van der Waals surface area contributed by atoms with Gasteiger partial charge in [-0.05, 0) is 83.2 Å². The zero-order valence-electron chi connectivity index (χ0n) is 19.5. The van der Waals surface area contributed by atoms with Gasteiger partial charge in [-0.15, -0.1) is 0 Å². The number of methoxy groups -OCH3 is 1. The van der Waals surface area contributed by atoms with Gasteiger partial charge in [0.2, 0.25) is 5.91 Å². The lowest BCUT2D eigenvalue weighted by Crippen LogP contribution is -2.66. The molecule has 6 heteroatoms. The van der Waals surface area contributed by atoms with Gasteiger partial charge in [0.15, 0.2) is 0 Å². The van der Waals surface area contributed by atoms with Gasteiger partial charge in [0.05, 0.1) is 18.2 Å². The Hall–Kier alpha value is -1.79. The van der Waals surface area contributed by atoms with Gasteiger partial charge in [-0.1, -0.05) is 0 Å². The number of nitrogens with zero attached hydrogens (tertiary/aromatic N) is 3. The Labute approximate surface area is 187 Å². The minimum Gasteiger partial charge on any atom is -0.497 e. The van der Waals surface area contributed by atoms with Crippen molar-refractivity contribution in [2.75, 3.05) is 44.7 Å². The third kappa shape index (κ3) is 4.42. The maximum atomic E-state index is 12.6. The number of ether oxygens (including phenoxy) is 1. The van der Waals surface area contributed by atoms with Crippen molar-refractivity contribution in [1.29, 1.82) is 0 Å². The number of hydrogen-bond acceptors (Lipinski definition) is 5. The van der Waals surface area contributed by atoms with Crippen LogP contribution >= 0.6 is 0 Å². The van der Waals surface area contributed by atoms with Crippen LogP contribution in [0.4, 0.5) is 5.69 Å². The Kier molecular flexibility index (Phi) is 6.50. The standard InChI is InChI=1S/C25H39N3O3/c1-4-28-23(29)12-11-22-24(28,2)13-5-6-16-27(22)19-25(30)14-17-26(18-15-25)20-7-9-21(31-3)10-8-20/h7-10,22,30H,4-6,11-19H2,1-3H3/t22-,24-/m0/s1. The molecule has 3 fully saturated rings. The molecule has 0 bridgehead atoms. The summed E-state index contributed by atoms with van der Waals surface area (Å²) in [6, 6.07) is 8.54.